The van der Waals surface area contributed by atoms with Gasteiger partial charge in [0.15, 0.2) is 0 Å². The van der Waals surface area contributed by atoms with E-state index < -0.39 is 6.10 Å². The summed E-state index contributed by atoms with van der Waals surface area (Å²) in [7, 11) is 0. The van der Waals surface area contributed by atoms with E-state index in [2.05, 4.69) is 15.3 Å². The quantitative estimate of drug-likeness (QED) is 0.941. The second kappa shape index (κ2) is 6.86. The molecule has 0 aliphatic carbocycles. The molecule has 2 atom stereocenters. The van der Waals surface area contributed by atoms with Crippen LogP contribution in [-0.4, -0.2) is 34.2 Å². The molecule has 3 rings (SSSR count). The molecule has 1 fully saturated rings. The van der Waals surface area contributed by atoms with Crippen LogP contribution in [0.3, 0.4) is 0 Å². The highest BCUT2D eigenvalue weighted by atomic mass is 32.1. The van der Waals surface area contributed by atoms with E-state index in [4.69, 9.17) is 0 Å². The monoisotopic (exact) mass is 320 g/mol. The van der Waals surface area contributed by atoms with Crippen molar-refractivity contribution in [1.29, 1.82) is 0 Å². The van der Waals surface area contributed by atoms with Gasteiger partial charge >= 0.3 is 0 Å². The summed E-state index contributed by atoms with van der Waals surface area (Å²) < 4.78 is 13.7. The van der Waals surface area contributed by atoms with Crippen LogP contribution in [0.15, 0.2) is 29.6 Å². The maximum absolute atomic E-state index is 13.7. The van der Waals surface area contributed by atoms with Gasteiger partial charge in [-0.2, -0.15) is 0 Å². The van der Waals surface area contributed by atoms with Crippen LogP contribution in [0.5, 0.6) is 0 Å². The van der Waals surface area contributed by atoms with Crippen molar-refractivity contribution in [2.75, 3.05) is 13.1 Å². The molecular weight excluding hydrogens is 299 g/mol. The Morgan fingerprint density at radius 3 is 2.91 bits per heavy atom. The lowest BCUT2D eigenvalue weighted by Crippen LogP contribution is -2.44. The zero-order valence-electron chi connectivity index (χ0n) is 12.7. The van der Waals surface area contributed by atoms with Crippen molar-refractivity contribution >= 4 is 11.3 Å². The van der Waals surface area contributed by atoms with E-state index >= 15 is 0 Å². The molecule has 1 N–H and O–H groups in total. The fourth-order valence-corrected chi connectivity index (χ4v) is 3.69. The number of aryl methyl sites for hydroxylation is 1. The summed E-state index contributed by atoms with van der Waals surface area (Å²) in [4.78, 5) is 6.71. The van der Waals surface area contributed by atoms with Crippen LogP contribution in [0.1, 0.15) is 22.7 Å². The molecule has 0 spiro atoms. The SMILES string of the molecule is Cc1nc(CN2CC[C@H](Cc3ccccc3F)[C@@H](O)C2)cs1. The Kier molecular flexibility index (Phi) is 4.86. The first-order chi connectivity index (χ1) is 10.6. The molecule has 2 aromatic rings. The Balaban J connectivity index is 1.57. The molecule has 2 heterocycles. The van der Waals surface area contributed by atoms with Gasteiger partial charge in [0.2, 0.25) is 0 Å². The third kappa shape index (κ3) is 3.72. The summed E-state index contributed by atoms with van der Waals surface area (Å²) >= 11 is 1.66. The van der Waals surface area contributed by atoms with Crippen LogP contribution >= 0.6 is 11.3 Å². The Hall–Kier alpha value is -1.30. The van der Waals surface area contributed by atoms with Crippen molar-refractivity contribution < 1.29 is 9.50 Å². The average Bonchev–Trinajstić information content (AvgIpc) is 2.89. The van der Waals surface area contributed by atoms with Gasteiger partial charge in [-0.15, -0.1) is 11.3 Å². The molecule has 1 aliphatic rings. The fourth-order valence-electron chi connectivity index (χ4n) is 3.08. The van der Waals surface area contributed by atoms with Gasteiger partial charge in [-0.3, -0.25) is 4.90 Å². The fraction of sp³-hybridized carbons (Fsp3) is 0.471. The molecule has 0 unspecified atom stereocenters. The number of nitrogens with zero attached hydrogens (tertiary/aromatic N) is 2. The van der Waals surface area contributed by atoms with Crippen molar-refractivity contribution in [1.82, 2.24) is 9.88 Å². The van der Waals surface area contributed by atoms with Gasteiger partial charge in [-0.05, 0) is 43.9 Å². The van der Waals surface area contributed by atoms with E-state index in [0.717, 1.165) is 30.2 Å². The Bertz CT molecular complexity index is 631. The van der Waals surface area contributed by atoms with Crippen LogP contribution < -0.4 is 0 Å². The van der Waals surface area contributed by atoms with E-state index in [0.29, 0.717) is 18.5 Å². The number of piperidine rings is 1. The predicted molar refractivity (Wildman–Crippen MR) is 86.3 cm³/mol. The molecule has 5 heteroatoms. The molecule has 1 saturated heterocycles. The summed E-state index contributed by atoms with van der Waals surface area (Å²) in [6.45, 7) is 4.35. The summed E-state index contributed by atoms with van der Waals surface area (Å²) in [6.07, 6.45) is 1.09. The molecular formula is C17H21FN2OS. The molecule has 0 amide bonds. The minimum Gasteiger partial charge on any atom is -0.391 e. The Morgan fingerprint density at radius 1 is 1.41 bits per heavy atom. The number of aliphatic hydroxyl groups excluding tert-OH is 1. The van der Waals surface area contributed by atoms with E-state index in [1.807, 2.05) is 19.1 Å². The molecule has 118 valence electrons. The van der Waals surface area contributed by atoms with Gasteiger partial charge in [0.25, 0.3) is 0 Å². The van der Waals surface area contributed by atoms with Gasteiger partial charge in [-0.25, -0.2) is 9.37 Å². The first-order valence-corrected chi connectivity index (χ1v) is 8.54. The number of benzene rings is 1. The zero-order chi connectivity index (χ0) is 15.5. The normalized spacial score (nSPS) is 22.9. The van der Waals surface area contributed by atoms with Crippen molar-refractivity contribution in [2.45, 2.75) is 32.4 Å². The Morgan fingerprint density at radius 2 is 2.23 bits per heavy atom. The topological polar surface area (TPSA) is 36.4 Å². The summed E-state index contributed by atoms with van der Waals surface area (Å²) in [6, 6.07) is 6.85. The smallest absolute Gasteiger partial charge is 0.126 e. The first-order valence-electron chi connectivity index (χ1n) is 7.66. The lowest BCUT2D eigenvalue weighted by Gasteiger charge is -2.35. The van der Waals surface area contributed by atoms with Gasteiger partial charge in [0.05, 0.1) is 16.8 Å². The van der Waals surface area contributed by atoms with Crippen LogP contribution in [0.2, 0.25) is 0 Å². The number of aliphatic hydroxyl groups is 1. The largest absolute Gasteiger partial charge is 0.391 e. The number of thiazole rings is 1. The van der Waals surface area contributed by atoms with Crippen molar-refractivity contribution in [3.63, 3.8) is 0 Å². The number of aromatic nitrogens is 1. The van der Waals surface area contributed by atoms with Crippen LogP contribution in [0, 0.1) is 18.7 Å². The van der Waals surface area contributed by atoms with Crippen LogP contribution in [0.4, 0.5) is 4.39 Å². The minimum absolute atomic E-state index is 0.130. The Labute approximate surface area is 134 Å². The minimum atomic E-state index is -0.409. The van der Waals surface area contributed by atoms with Crippen molar-refractivity contribution in [2.24, 2.45) is 5.92 Å². The van der Waals surface area contributed by atoms with Gasteiger partial charge in [0.1, 0.15) is 5.82 Å². The molecule has 0 radical (unpaired) electrons. The highest BCUT2D eigenvalue weighted by Crippen LogP contribution is 2.24. The molecule has 1 aromatic carbocycles. The third-order valence-electron chi connectivity index (χ3n) is 4.30. The van der Waals surface area contributed by atoms with Gasteiger partial charge < -0.3 is 5.11 Å². The lowest BCUT2D eigenvalue weighted by molar-refractivity contribution is 0.0181. The van der Waals surface area contributed by atoms with E-state index in [-0.39, 0.29) is 11.7 Å². The van der Waals surface area contributed by atoms with E-state index in [1.165, 1.54) is 6.07 Å². The highest BCUT2D eigenvalue weighted by Gasteiger charge is 2.28. The number of hydrogen-bond donors (Lipinski definition) is 1. The summed E-state index contributed by atoms with van der Waals surface area (Å²) in [5.74, 6) is -0.0413. The van der Waals surface area contributed by atoms with Crippen molar-refractivity contribution in [3.8, 4) is 0 Å². The number of β-amino-alcohol motifs (C(OH)–C–C–N with tert-alkyl or cyclic N) is 1. The van der Waals surface area contributed by atoms with Gasteiger partial charge in [-0.1, -0.05) is 18.2 Å². The lowest BCUT2D eigenvalue weighted by atomic mass is 9.87. The summed E-state index contributed by atoms with van der Waals surface area (Å²) in [5.41, 5.74) is 1.78. The maximum atomic E-state index is 13.7. The van der Waals surface area contributed by atoms with Crippen LogP contribution in [-0.2, 0) is 13.0 Å². The molecule has 22 heavy (non-hydrogen) atoms. The van der Waals surface area contributed by atoms with Crippen LogP contribution in [0.25, 0.3) is 0 Å². The zero-order valence-corrected chi connectivity index (χ0v) is 13.5. The second-order valence-corrected chi connectivity index (χ2v) is 7.07. The van der Waals surface area contributed by atoms with E-state index in [1.54, 1.807) is 17.4 Å². The highest BCUT2D eigenvalue weighted by molar-refractivity contribution is 7.09. The number of halogens is 1. The number of rotatable bonds is 4. The third-order valence-corrected chi connectivity index (χ3v) is 5.12. The van der Waals surface area contributed by atoms with Gasteiger partial charge in [0, 0.05) is 18.5 Å². The molecule has 1 aliphatic heterocycles. The predicted octanol–water partition coefficient (Wildman–Crippen LogP) is 3.02. The van der Waals surface area contributed by atoms with Crippen molar-refractivity contribution in [3.05, 3.63) is 51.7 Å². The summed E-state index contributed by atoms with van der Waals surface area (Å²) in [5, 5.41) is 13.5. The standard InChI is InChI=1S/C17H21FN2OS/c1-12-19-15(11-22-12)9-20-7-6-14(17(21)10-20)8-13-4-2-3-5-16(13)18/h2-5,11,14,17,21H,6-10H2,1H3/t14-,17+/m1/s1. The average molecular weight is 320 g/mol. The second-order valence-electron chi connectivity index (χ2n) is 6.00. The number of hydrogen-bond acceptors (Lipinski definition) is 4. The molecule has 0 bridgehead atoms. The maximum Gasteiger partial charge on any atom is 0.126 e. The number of likely N-dealkylation sites (tertiary alicyclic amines) is 1. The molecule has 1 aromatic heterocycles. The van der Waals surface area contributed by atoms with E-state index in [9.17, 15) is 9.50 Å². The molecule has 3 nitrogen and oxygen atoms in total. The molecule has 0 saturated carbocycles. The first kappa shape index (κ1) is 15.6.